The lowest BCUT2D eigenvalue weighted by atomic mass is 9.45. The Morgan fingerprint density at radius 1 is 1.00 bits per heavy atom. The van der Waals surface area contributed by atoms with Gasteiger partial charge in [0.1, 0.15) is 0 Å². The molecule has 4 unspecified atom stereocenters. The molecule has 2 N–H and O–H groups in total. The minimum Gasteiger partial charge on any atom is -0.295 e. The van der Waals surface area contributed by atoms with E-state index in [-0.39, 0.29) is 26.4 Å². The van der Waals surface area contributed by atoms with Crippen LogP contribution < -0.4 is 5.14 Å². The summed E-state index contributed by atoms with van der Waals surface area (Å²) >= 11 is 0. The van der Waals surface area contributed by atoms with Gasteiger partial charge in [-0.1, -0.05) is 32.4 Å². The monoisotopic (exact) mass is 521 g/mol. The first-order valence-corrected chi connectivity index (χ1v) is 15.5. The molecule has 192 valence electrons. The zero-order valence-electron chi connectivity index (χ0n) is 20.6. The highest BCUT2D eigenvalue weighted by Gasteiger charge is 2.61. The van der Waals surface area contributed by atoms with Crippen LogP contribution in [0, 0.1) is 34.5 Å². The fourth-order valence-corrected chi connectivity index (χ4v) is 9.91. The molecule has 0 heterocycles. The van der Waals surface area contributed by atoms with E-state index < -0.39 is 26.2 Å². The summed E-state index contributed by atoms with van der Waals surface area (Å²) in [6.07, 6.45) is 7.33. The standard InChI is InChI=1S/C26H35NO6S2/c1-16-13-17-14-18(28)9-11-25(17,2)22-10-12-26(3)21(24(16)22)7-8-23(26)33-35(31,32)20-6-4-5-19(15-20)34(27,29)30/h4-6,14-16,21-24H,7-13H2,1-3H3,(H2,27,29,30)/t16-,21?,22?,23?,24?,25+,26+/m1/s1. The van der Waals surface area contributed by atoms with E-state index in [9.17, 15) is 21.6 Å². The highest BCUT2D eigenvalue weighted by atomic mass is 32.2. The zero-order valence-corrected chi connectivity index (χ0v) is 22.2. The topological polar surface area (TPSA) is 121 Å². The van der Waals surface area contributed by atoms with Crippen molar-refractivity contribution in [2.75, 3.05) is 0 Å². The summed E-state index contributed by atoms with van der Waals surface area (Å²) in [6, 6.07) is 5.05. The quantitative estimate of drug-likeness (QED) is 0.593. The van der Waals surface area contributed by atoms with Gasteiger partial charge in [-0.25, -0.2) is 13.6 Å². The van der Waals surface area contributed by atoms with Crippen molar-refractivity contribution in [3.8, 4) is 0 Å². The van der Waals surface area contributed by atoms with Crippen molar-refractivity contribution < 1.29 is 25.8 Å². The molecule has 9 heteroatoms. The molecule has 7 atom stereocenters. The molecule has 1 aromatic rings. The maximum absolute atomic E-state index is 13.2. The molecule has 5 rings (SSSR count). The van der Waals surface area contributed by atoms with E-state index in [0.717, 1.165) is 38.2 Å². The Hall–Kier alpha value is -1.55. The van der Waals surface area contributed by atoms with Crippen molar-refractivity contribution >= 4 is 25.9 Å². The van der Waals surface area contributed by atoms with Crippen molar-refractivity contribution in [3.63, 3.8) is 0 Å². The van der Waals surface area contributed by atoms with Gasteiger partial charge < -0.3 is 0 Å². The third-order valence-electron chi connectivity index (χ3n) is 9.89. The van der Waals surface area contributed by atoms with Gasteiger partial charge in [0.25, 0.3) is 10.1 Å². The number of sulfonamides is 1. The lowest BCUT2D eigenvalue weighted by molar-refractivity contribution is -0.119. The average Bonchev–Trinajstić information content (AvgIpc) is 3.10. The van der Waals surface area contributed by atoms with E-state index in [1.54, 1.807) is 0 Å². The van der Waals surface area contributed by atoms with Crippen LogP contribution in [-0.2, 0) is 29.1 Å². The summed E-state index contributed by atoms with van der Waals surface area (Å²) in [5.41, 5.74) is 1.09. The van der Waals surface area contributed by atoms with Crippen LogP contribution in [0.4, 0.5) is 0 Å². The second kappa shape index (κ2) is 8.23. The van der Waals surface area contributed by atoms with Crippen LogP contribution in [0.3, 0.4) is 0 Å². The molecule has 4 aliphatic rings. The molecule has 0 amide bonds. The summed E-state index contributed by atoms with van der Waals surface area (Å²) in [4.78, 5) is 11.7. The summed E-state index contributed by atoms with van der Waals surface area (Å²) in [5.74, 6) is 1.98. The van der Waals surface area contributed by atoms with E-state index in [4.69, 9.17) is 9.32 Å². The number of benzene rings is 1. The summed E-state index contributed by atoms with van der Waals surface area (Å²) in [7, 11) is -8.19. The van der Waals surface area contributed by atoms with Gasteiger partial charge in [0.05, 0.1) is 15.9 Å². The van der Waals surface area contributed by atoms with Gasteiger partial charge in [-0.15, -0.1) is 0 Å². The fourth-order valence-electron chi connectivity index (χ4n) is 8.03. The molecule has 35 heavy (non-hydrogen) atoms. The Balaban J connectivity index is 1.42. The number of nitrogens with two attached hydrogens (primary N) is 1. The van der Waals surface area contributed by atoms with E-state index in [1.165, 1.54) is 23.8 Å². The Labute approximate surface area is 208 Å². The van der Waals surface area contributed by atoms with Crippen molar-refractivity contribution in [3.05, 3.63) is 35.9 Å². The predicted octanol–water partition coefficient (Wildman–Crippen LogP) is 4.19. The first kappa shape index (κ1) is 25.1. The smallest absolute Gasteiger partial charge is 0.295 e. The molecule has 0 saturated heterocycles. The highest BCUT2D eigenvalue weighted by molar-refractivity contribution is 7.89. The summed E-state index contributed by atoms with van der Waals surface area (Å²) in [5, 5.41) is 5.20. The van der Waals surface area contributed by atoms with Crippen LogP contribution in [0.15, 0.2) is 45.7 Å². The third-order valence-corrected chi connectivity index (χ3v) is 12.1. The highest BCUT2D eigenvalue weighted by Crippen LogP contribution is 2.67. The van der Waals surface area contributed by atoms with Crippen LogP contribution in [0.25, 0.3) is 0 Å². The Kier molecular flexibility index (Phi) is 5.91. The zero-order chi connectivity index (χ0) is 25.4. The molecule has 0 spiro atoms. The summed E-state index contributed by atoms with van der Waals surface area (Å²) < 4.78 is 55.7. The van der Waals surface area contributed by atoms with Gasteiger partial charge in [0.2, 0.25) is 10.0 Å². The van der Waals surface area contributed by atoms with E-state index >= 15 is 0 Å². The molecule has 3 saturated carbocycles. The van der Waals surface area contributed by atoms with Gasteiger partial charge in [-0.05, 0) is 97.3 Å². The fraction of sp³-hybridized carbons (Fsp3) is 0.654. The minimum atomic E-state index is -4.16. The van der Waals surface area contributed by atoms with Crippen LogP contribution >= 0.6 is 0 Å². The second-order valence-corrected chi connectivity index (χ2v) is 14.8. The normalized spacial score (nSPS) is 39.4. The van der Waals surface area contributed by atoms with Crippen molar-refractivity contribution in [1.82, 2.24) is 0 Å². The minimum absolute atomic E-state index is 0.0472. The maximum atomic E-state index is 13.2. The molecule has 0 aliphatic heterocycles. The molecule has 4 aliphatic carbocycles. The van der Waals surface area contributed by atoms with Crippen LogP contribution in [-0.4, -0.2) is 28.7 Å². The molecule has 0 bridgehead atoms. The molecule has 7 nitrogen and oxygen atoms in total. The Morgan fingerprint density at radius 2 is 1.71 bits per heavy atom. The number of hydrogen-bond donors (Lipinski definition) is 1. The first-order chi connectivity index (χ1) is 16.3. The van der Waals surface area contributed by atoms with E-state index in [1.807, 2.05) is 6.08 Å². The van der Waals surface area contributed by atoms with Gasteiger partial charge in [-0.3, -0.25) is 8.98 Å². The molecular formula is C26H35NO6S2. The number of primary sulfonamides is 1. The Morgan fingerprint density at radius 3 is 2.43 bits per heavy atom. The molecule has 1 aromatic carbocycles. The molecule has 0 radical (unpaired) electrons. The average molecular weight is 522 g/mol. The number of rotatable bonds is 4. The van der Waals surface area contributed by atoms with E-state index in [2.05, 4.69) is 20.8 Å². The maximum Gasteiger partial charge on any atom is 0.297 e. The number of carbonyl (C=O) groups is 1. The second-order valence-electron chi connectivity index (χ2n) is 11.7. The van der Waals surface area contributed by atoms with Crippen molar-refractivity contribution in [2.45, 2.75) is 81.6 Å². The Bertz CT molecular complexity index is 1300. The molecule has 0 aromatic heterocycles. The first-order valence-electron chi connectivity index (χ1n) is 12.6. The van der Waals surface area contributed by atoms with Gasteiger partial charge >= 0.3 is 0 Å². The largest absolute Gasteiger partial charge is 0.297 e. The predicted molar refractivity (Wildman–Crippen MR) is 131 cm³/mol. The number of allylic oxidation sites excluding steroid dienone is 1. The number of hydrogen-bond acceptors (Lipinski definition) is 6. The van der Waals surface area contributed by atoms with Crippen molar-refractivity contribution in [2.24, 2.45) is 39.6 Å². The lowest BCUT2D eigenvalue weighted by Crippen LogP contribution is -2.54. The van der Waals surface area contributed by atoms with Crippen LogP contribution in [0.5, 0.6) is 0 Å². The van der Waals surface area contributed by atoms with E-state index in [0.29, 0.717) is 36.5 Å². The molecular weight excluding hydrogens is 486 g/mol. The van der Waals surface area contributed by atoms with Crippen molar-refractivity contribution in [1.29, 1.82) is 0 Å². The molecule has 3 fully saturated rings. The SMILES string of the molecule is C[C@@H]1CC2=CC(=O)CC[C@]2(C)C2CC[C@]3(C)C(OS(=O)(=O)c4cccc(S(N)(=O)=O)c4)CCC3C21. The number of fused-ring (bicyclic) bond motifs is 5. The van der Waals surface area contributed by atoms with Crippen LogP contribution in [0.2, 0.25) is 0 Å². The number of ketones is 1. The van der Waals surface area contributed by atoms with Crippen LogP contribution in [0.1, 0.15) is 65.7 Å². The van der Waals surface area contributed by atoms with Gasteiger partial charge in [0.15, 0.2) is 5.78 Å². The lowest BCUT2D eigenvalue weighted by Gasteiger charge is -2.60. The third kappa shape index (κ3) is 4.03. The summed E-state index contributed by atoms with van der Waals surface area (Å²) in [6.45, 7) is 6.79. The number of carbonyl (C=O) groups excluding carboxylic acids is 1. The van der Waals surface area contributed by atoms with Gasteiger partial charge in [0, 0.05) is 6.42 Å². The van der Waals surface area contributed by atoms with Gasteiger partial charge in [-0.2, -0.15) is 8.42 Å².